The van der Waals surface area contributed by atoms with Gasteiger partial charge in [-0.3, -0.25) is 4.79 Å². The molecule has 2 aromatic carbocycles. The Bertz CT molecular complexity index is 681. The Kier molecular flexibility index (Phi) is 5.85. The smallest absolute Gasteiger partial charge is 0.237 e. The summed E-state index contributed by atoms with van der Waals surface area (Å²) in [5.41, 5.74) is 6.57. The molecule has 1 amide bonds. The molecule has 1 atom stereocenters. The molecule has 0 saturated carbocycles. The zero-order valence-electron chi connectivity index (χ0n) is 12.0. The molecule has 0 radical (unpaired) electrons. The largest absolute Gasteiger partial charge is 0.399 e. The predicted octanol–water partition coefficient (Wildman–Crippen LogP) is 4.68. The average molecular weight is 383 g/mol. The second kappa shape index (κ2) is 7.65. The van der Waals surface area contributed by atoms with Gasteiger partial charge >= 0.3 is 0 Å². The molecule has 0 aliphatic carbocycles. The van der Waals surface area contributed by atoms with E-state index in [0.717, 1.165) is 4.90 Å². The summed E-state index contributed by atoms with van der Waals surface area (Å²) in [6, 6.07) is 11.9. The van der Waals surface area contributed by atoms with Crippen molar-refractivity contribution in [2.24, 2.45) is 0 Å². The van der Waals surface area contributed by atoms with Crippen LogP contribution in [0.1, 0.15) is 13.3 Å². The first kappa shape index (κ1) is 16.8. The van der Waals surface area contributed by atoms with Crippen LogP contribution in [0.15, 0.2) is 51.8 Å². The highest BCUT2D eigenvalue weighted by Crippen LogP contribution is 2.28. The maximum atomic E-state index is 13.8. The van der Waals surface area contributed by atoms with Crippen LogP contribution in [0.3, 0.4) is 0 Å². The van der Waals surface area contributed by atoms with Crippen LogP contribution >= 0.6 is 27.7 Å². The molecule has 0 spiro atoms. The van der Waals surface area contributed by atoms with Crippen LogP contribution in [0, 0.1) is 5.82 Å². The molecule has 1 unspecified atom stereocenters. The van der Waals surface area contributed by atoms with Crippen molar-refractivity contribution in [3.63, 3.8) is 0 Å². The Labute approximate surface area is 141 Å². The zero-order valence-corrected chi connectivity index (χ0v) is 14.4. The van der Waals surface area contributed by atoms with Crippen LogP contribution in [0.5, 0.6) is 0 Å². The van der Waals surface area contributed by atoms with Gasteiger partial charge in [0, 0.05) is 15.1 Å². The van der Waals surface area contributed by atoms with E-state index in [1.165, 1.54) is 23.9 Å². The number of hydrogen-bond acceptors (Lipinski definition) is 3. The second-order valence-electron chi connectivity index (χ2n) is 4.70. The summed E-state index contributed by atoms with van der Waals surface area (Å²) in [5, 5.41) is 2.32. The quantitative estimate of drug-likeness (QED) is 0.582. The molecule has 22 heavy (non-hydrogen) atoms. The highest BCUT2D eigenvalue weighted by Gasteiger charge is 2.19. The first-order valence-corrected chi connectivity index (χ1v) is 8.45. The molecule has 2 rings (SSSR count). The third-order valence-electron chi connectivity index (χ3n) is 2.99. The highest BCUT2D eigenvalue weighted by atomic mass is 79.9. The summed E-state index contributed by atoms with van der Waals surface area (Å²) in [7, 11) is 0. The van der Waals surface area contributed by atoms with Gasteiger partial charge in [-0.1, -0.05) is 28.9 Å². The van der Waals surface area contributed by atoms with Crippen molar-refractivity contribution in [2.75, 3.05) is 11.1 Å². The topological polar surface area (TPSA) is 55.1 Å². The monoisotopic (exact) mass is 382 g/mol. The molecular weight excluding hydrogens is 367 g/mol. The van der Waals surface area contributed by atoms with E-state index in [1.54, 1.807) is 12.1 Å². The van der Waals surface area contributed by atoms with Crippen molar-refractivity contribution in [3.8, 4) is 0 Å². The number of carbonyl (C=O) groups excluding carboxylic acids is 1. The molecule has 6 heteroatoms. The Morgan fingerprint density at radius 1 is 1.36 bits per heavy atom. The lowest BCUT2D eigenvalue weighted by Gasteiger charge is -2.15. The number of nitrogens with one attached hydrogen (secondary N) is 1. The number of thioether (sulfide) groups is 1. The van der Waals surface area contributed by atoms with Gasteiger partial charge in [0.1, 0.15) is 5.82 Å². The van der Waals surface area contributed by atoms with Crippen molar-refractivity contribution in [2.45, 2.75) is 23.5 Å². The minimum Gasteiger partial charge on any atom is -0.399 e. The molecule has 3 N–H and O–H groups in total. The third kappa shape index (κ3) is 4.48. The van der Waals surface area contributed by atoms with E-state index >= 15 is 0 Å². The molecule has 0 saturated heterocycles. The standard InChI is InChI=1S/C16H16BrFN2OS/c1-2-15(22-12-5-3-4-11(19)9-12)16(21)20-14-7-6-10(17)8-13(14)18/h3-9,15H,2,19H2,1H3,(H,20,21). The molecular formula is C16H16BrFN2OS. The number of carbonyl (C=O) groups is 1. The summed E-state index contributed by atoms with van der Waals surface area (Å²) in [5.74, 6) is -0.692. The normalized spacial score (nSPS) is 12.0. The highest BCUT2D eigenvalue weighted by molar-refractivity contribution is 9.10. The van der Waals surface area contributed by atoms with Gasteiger partial charge < -0.3 is 11.1 Å². The number of amides is 1. The minimum atomic E-state index is -0.466. The average Bonchev–Trinajstić information content (AvgIpc) is 2.47. The lowest BCUT2D eigenvalue weighted by Crippen LogP contribution is -2.25. The van der Waals surface area contributed by atoms with Crippen LogP contribution in [-0.2, 0) is 4.79 Å². The second-order valence-corrected chi connectivity index (χ2v) is 6.89. The van der Waals surface area contributed by atoms with Crippen LogP contribution in [-0.4, -0.2) is 11.2 Å². The van der Waals surface area contributed by atoms with E-state index < -0.39 is 5.82 Å². The number of nitrogens with two attached hydrogens (primary N) is 1. The number of benzene rings is 2. The van der Waals surface area contributed by atoms with Gasteiger partial charge in [0.2, 0.25) is 5.91 Å². The van der Waals surface area contributed by atoms with Crippen LogP contribution in [0.2, 0.25) is 0 Å². The first-order chi connectivity index (χ1) is 10.5. The first-order valence-electron chi connectivity index (χ1n) is 6.77. The Balaban J connectivity index is 2.08. The van der Waals surface area contributed by atoms with Gasteiger partial charge in [-0.05, 0) is 42.8 Å². The van der Waals surface area contributed by atoms with Crippen molar-refractivity contribution in [1.82, 2.24) is 0 Å². The van der Waals surface area contributed by atoms with Crippen LogP contribution < -0.4 is 11.1 Å². The molecule has 116 valence electrons. The van der Waals surface area contributed by atoms with Gasteiger partial charge in [0.15, 0.2) is 0 Å². The maximum absolute atomic E-state index is 13.8. The summed E-state index contributed by atoms with van der Waals surface area (Å²) in [6.45, 7) is 1.92. The van der Waals surface area contributed by atoms with Crippen LogP contribution in [0.4, 0.5) is 15.8 Å². The lowest BCUT2D eigenvalue weighted by molar-refractivity contribution is -0.115. The summed E-state index contributed by atoms with van der Waals surface area (Å²) < 4.78 is 14.4. The Morgan fingerprint density at radius 2 is 2.14 bits per heavy atom. The molecule has 0 bridgehead atoms. The third-order valence-corrected chi connectivity index (χ3v) is 4.84. The Hall–Kier alpha value is -1.53. The molecule has 3 nitrogen and oxygen atoms in total. The molecule has 0 aliphatic heterocycles. The molecule has 0 fully saturated rings. The molecule has 0 heterocycles. The predicted molar refractivity (Wildman–Crippen MR) is 93.5 cm³/mol. The van der Waals surface area contributed by atoms with E-state index in [9.17, 15) is 9.18 Å². The minimum absolute atomic E-state index is 0.180. The molecule has 0 aromatic heterocycles. The van der Waals surface area contributed by atoms with Crippen molar-refractivity contribution < 1.29 is 9.18 Å². The van der Waals surface area contributed by atoms with Gasteiger partial charge in [-0.15, -0.1) is 11.8 Å². The maximum Gasteiger partial charge on any atom is 0.237 e. The fourth-order valence-corrected chi connectivity index (χ4v) is 3.23. The van der Waals surface area contributed by atoms with E-state index in [0.29, 0.717) is 16.6 Å². The van der Waals surface area contributed by atoms with Crippen molar-refractivity contribution >= 4 is 45.0 Å². The van der Waals surface area contributed by atoms with E-state index in [4.69, 9.17) is 5.73 Å². The SMILES string of the molecule is CCC(Sc1cccc(N)c1)C(=O)Nc1ccc(Br)cc1F. The number of nitrogen functional groups attached to an aromatic ring is 1. The van der Waals surface area contributed by atoms with Gasteiger partial charge in [0.25, 0.3) is 0 Å². The molecule has 0 aliphatic rings. The summed E-state index contributed by atoms with van der Waals surface area (Å²) >= 11 is 4.60. The number of rotatable bonds is 5. The van der Waals surface area contributed by atoms with Crippen molar-refractivity contribution in [1.29, 1.82) is 0 Å². The lowest BCUT2D eigenvalue weighted by atomic mass is 10.2. The van der Waals surface area contributed by atoms with Crippen LogP contribution in [0.25, 0.3) is 0 Å². The summed E-state index contributed by atoms with van der Waals surface area (Å²) in [6.07, 6.45) is 0.628. The number of halogens is 2. The van der Waals surface area contributed by atoms with E-state index in [1.807, 2.05) is 25.1 Å². The Morgan fingerprint density at radius 3 is 2.77 bits per heavy atom. The fourth-order valence-electron chi connectivity index (χ4n) is 1.88. The van der Waals surface area contributed by atoms with Crippen molar-refractivity contribution in [3.05, 3.63) is 52.8 Å². The van der Waals surface area contributed by atoms with Gasteiger partial charge in [-0.25, -0.2) is 4.39 Å². The van der Waals surface area contributed by atoms with E-state index in [-0.39, 0.29) is 16.8 Å². The molecule has 2 aromatic rings. The van der Waals surface area contributed by atoms with Gasteiger partial charge in [-0.2, -0.15) is 0 Å². The fraction of sp³-hybridized carbons (Fsp3) is 0.188. The number of anilines is 2. The zero-order chi connectivity index (χ0) is 16.1. The van der Waals surface area contributed by atoms with Gasteiger partial charge in [0.05, 0.1) is 10.9 Å². The summed E-state index contributed by atoms with van der Waals surface area (Å²) in [4.78, 5) is 13.2. The number of hydrogen-bond donors (Lipinski definition) is 2. The van der Waals surface area contributed by atoms with E-state index in [2.05, 4.69) is 21.2 Å².